The first-order chi connectivity index (χ1) is 15.3. The molecule has 1 aromatic carbocycles. The molecule has 1 saturated carbocycles. The van der Waals surface area contributed by atoms with E-state index >= 15 is 0 Å². The Bertz CT molecular complexity index is 1210. The Morgan fingerprint density at radius 3 is 2.65 bits per heavy atom. The predicted molar refractivity (Wildman–Crippen MR) is 122 cm³/mol. The van der Waals surface area contributed by atoms with Gasteiger partial charge in [0.05, 0.1) is 35.3 Å². The fourth-order valence-corrected chi connectivity index (χ4v) is 5.25. The lowest BCUT2D eigenvalue weighted by molar-refractivity contribution is 0.145. The summed E-state index contributed by atoms with van der Waals surface area (Å²) in [6.07, 6.45) is 11.6. The second-order valence-corrected chi connectivity index (χ2v) is 8.99. The smallest absolute Gasteiger partial charge is 0.180 e. The molecule has 0 radical (unpaired) electrons. The maximum atomic E-state index is 9.87. The van der Waals surface area contributed by atoms with Crippen molar-refractivity contribution in [2.45, 2.75) is 57.1 Å². The highest BCUT2D eigenvalue weighted by atomic mass is 16.3. The Morgan fingerprint density at radius 1 is 0.968 bits per heavy atom. The van der Waals surface area contributed by atoms with Crippen molar-refractivity contribution < 1.29 is 5.11 Å². The number of aliphatic hydroxyl groups is 1. The minimum absolute atomic E-state index is 0.202. The minimum atomic E-state index is -0.202. The van der Waals surface area contributed by atoms with E-state index in [0.717, 1.165) is 59.6 Å². The predicted octanol–water partition coefficient (Wildman–Crippen LogP) is 4.44. The highest BCUT2D eigenvalue weighted by Crippen LogP contribution is 2.35. The molecule has 0 unspecified atom stereocenters. The molecule has 1 saturated heterocycles. The molecule has 0 bridgehead atoms. The van der Waals surface area contributed by atoms with Gasteiger partial charge in [-0.25, -0.2) is 15.0 Å². The Kier molecular flexibility index (Phi) is 4.64. The molecule has 0 spiro atoms. The van der Waals surface area contributed by atoms with Crippen LogP contribution in [0.25, 0.3) is 33.3 Å². The van der Waals surface area contributed by atoms with Crippen LogP contribution in [0.4, 0.5) is 5.82 Å². The summed E-state index contributed by atoms with van der Waals surface area (Å²) in [5.74, 6) is 0.925. The van der Waals surface area contributed by atoms with Crippen LogP contribution in [0.2, 0.25) is 0 Å². The van der Waals surface area contributed by atoms with Gasteiger partial charge in [0.15, 0.2) is 5.65 Å². The van der Waals surface area contributed by atoms with E-state index in [1.807, 2.05) is 6.33 Å². The van der Waals surface area contributed by atoms with Crippen molar-refractivity contribution in [1.82, 2.24) is 24.5 Å². The van der Waals surface area contributed by atoms with Crippen molar-refractivity contribution in [2.75, 3.05) is 18.0 Å². The van der Waals surface area contributed by atoms with Gasteiger partial charge in [0.2, 0.25) is 0 Å². The van der Waals surface area contributed by atoms with Crippen LogP contribution in [0.3, 0.4) is 0 Å². The molecular weight excluding hydrogens is 388 g/mol. The topological polar surface area (TPSA) is 82.9 Å². The molecule has 1 aliphatic carbocycles. The summed E-state index contributed by atoms with van der Waals surface area (Å²) in [5, 5.41) is 9.87. The quantitative estimate of drug-likeness (QED) is 0.516. The lowest BCUT2D eigenvalue weighted by atomic mass is 9.95. The lowest BCUT2D eigenvalue weighted by Crippen LogP contribution is -2.36. The SMILES string of the molecule is OC1CCN(c2cc(-c3ccc4c(c3)ncn4C3CCCCC3)c3[nH]cnc3n2)CC1. The van der Waals surface area contributed by atoms with Crippen molar-refractivity contribution in [2.24, 2.45) is 0 Å². The van der Waals surface area contributed by atoms with Gasteiger partial charge in [0.1, 0.15) is 5.82 Å². The van der Waals surface area contributed by atoms with E-state index in [2.05, 4.69) is 43.7 Å². The van der Waals surface area contributed by atoms with Crippen molar-refractivity contribution >= 4 is 28.0 Å². The summed E-state index contributed by atoms with van der Waals surface area (Å²) >= 11 is 0. The van der Waals surface area contributed by atoms with Gasteiger partial charge in [-0.1, -0.05) is 25.3 Å². The number of aromatic amines is 1. The van der Waals surface area contributed by atoms with Gasteiger partial charge >= 0.3 is 0 Å². The van der Waals surface area contributed by atoms with Crippen LogP contribution < -0.4 is 4.90 Å². The number of rotatable bonds is 3. The number of nitrogens with zero attached hydrogens (tertiary/aromatic N) is 5. The number of pyridine rings is 1. The summed E-state index contributed by atoms with van der Waals surface area (Å²) in [6.45, 7) is 1.63. The lowest BCUT2D eigenvalue weighted by Gasteiger charge is -2.30. The van der Waals surface area contributed by atoms with Crippen LogP contribution >= 0.6 is 0 Å². The number of benzene rings is 1. The first-order valence-corrected chi connectivity index (χ1v) is 11.5. The Balaban J connectivity index is 1.40. The number of aromatic nitrogens is 5. The molecule has 2 aliphatic rings. The van der Waals surface area contributed by atoms with Crippen LogP contribution in [0.15, 0.2) is 36.9 Å². The van der Waals surface area contributed by atoms with Crippen LogP contribution in [0.1, 0.15) is 51.0 Å². The number of aliphatic hydroxyl groups excluding tert-OH is 1. The highest BCUT2D eigenvalue weighted by molar-refractivity contribution is 5.94. The summed E-state index contributed by atoms with van der Waals surface area (Å²) in [7, 11) is 0. The molecule has 0 atom stereocenters. The van der Waals surface area contributed by atoms with Crippen molar-refractivity contribution in [3.63, 3.8) is 0 Å². The van der Waals surface area contributed by atoms with Gasteiger partial charge in [-0.15, -0.1) is 0 Å². The van der Waals surface area contributed by atoms with E-state index in [1.165, 1.54) is 37.6 Å². The molecule has 7 nitrogen and oxygen atoms in total. The first kappa shape index (κ1) is 18.8. The molecule has 4 heterocycles. The molecule has 7 heteroatoms. The fraction of sp³-hybridized carbons (Fsp3) is 0.458. The first-order valence-electron chi connectivity index (χ1n) is 11.5. The second-order valence-electron chi connectivity index (χ2n) is 8.99. The summed E-state index contributed by atoms with van der Waals surface area (Å²) < 4.78 is 2.38. The molecule has 1 aliphatic heterocycles. The normalized spacial score (nSPS) is 18.9. The van der Waals surface area contributed by atoms with Crippen LogP contribution in [0, 0.1) is 0 Å². The van der Waals surface area contributed by atoms with E-state index in [4.69, 9.17) is 9.97 Å². The number of hydrogen-bond acceptors (Lipinski definition) is 5. The molecular formula is C24H28N6O. The number of nitrogens with one attached hydrogen (secondary N) is 1. The van der Waals surface area contributed by atoms with Crippen LogP contribution in [-0.4, -0.2) is 48.8 Å². The third-order valence-corrected chi connectivity index (χ3v) is 7.02. The highest BCUT2D eigenvalue weighted by Gasteiger charge is 2.21. The molecule has 2 N–H and O–H groups in total. The van der Waals surface area contributed by atoms with E-state index in [-0.39, 0.29) is 6.10 Å². The fourth-order valence-electron chi connectivity index (χ4n) is 5.25. The van der Waals surface area contributed by atoms with Gasteiger partial charge in [-0.3, -0.25) is 0 Å². The van der Waals surface area contributed by atoms with E-state index in [0.29, 0.717) is 6.04 Å². The largest absolute Gasteiger partial charge is 0.393 e. The van der Waals surface area contributed by atoms with Crippen LogP contribution in [0.5, 0.6) is 0 Å². The number of fused-ring (bicyclic) bond motifs is 2. The zero-order valence-electron chi connectivity index (χ0n) is 17.7. The Hall–Kier alpha value is -2.93. The molecule has 0 amide bonds. The molecule has 4 aromatic rings. The zero-order chi connectivity index (χ0) is 20.8. The molecule has 6 rings (SSSR count). The molecule has 31 heavy (non-hydrogen) atoms. The standard InChI is InChI=1S/C24H28N6O/c31-18-8-10-29(11-9-18)22-13-19(23-24(28-22)26-14-25-23)16-6-7-21-20(12-16)27-15-30(21)17-4-2-1-3-5-17/h6-7,12-15,17-18,31H,1-5,8-11H2,(H,25,26,28). The maximum Gasteiger partial charge on any atom is 0.180 e. The van der Waals surface area contributed by atoms with Crippen molar-refractivity contribution in [3.8, 4) is 11.1 Å². The monoisotopic (exact) mass is 416 g/mol. The number of piperidine rings is 1. The number of hydrogen-bond donors (Lipinski definition) is 2. The Morgan fingerprint density at radius 2 is 1.81 bits per heavy atom. The molecule has 3 aromatic heterocycles. The third kappa shape index (κ3) is 3.37. The summed E-state index contributed by atoms with van der Waals surface area (Å²) in [4.78, 5) is 19.5. The van der Waals surface area contributed by atoms with Gasteiger partial charge in [0.25, 0.3) is 0 Å². The van der Waals surface area contributed by atoms with Crippen molar-refractivity contribution in [3.05, 3.63) is 36.9 Å². The minimum Gasteiger partial charge on any atom is -0.393 e. The second kappa shape index (κ2) is 7.64. The molecule has 160 valence electrons. The van der Waals surface area contributed by atoms with E-state index in [1.54, 1.807) is 6.33 Å². The number of imidazole rings is 2. The number of H-pyrrole nitrogens is 1. The van der Waals surface area contributed by atoms with E-state index in [9.17, 15) is 5.11 Å². The zero-order valence-corrected chi connectivity index (χ0v) is 17.7. The average molecular weight is 417 g/mol. The van der Waals surface area contributed by atoms with E-state index < -0.39 is 0 Å². The van der Waals surface area contributed by atoms with Gasteiger partial charge in [-0.05, 0) is 49.4 Å². The average Bonchev–Trinajstić information content (AvgIpc) is 3.46. The number of anilines is 1. The van der Waals surface area contributed by atoms with Crippen molar-refractivity contribution in [1.29, 1.82) is 0 Å². The maximum absolute atomic E-state index is 9.87. The summed E-state index contributed by atoms with van der Waals surface area (Å²) in [6, 6.07) is 9.32. The van der Waals surface area contributed by atoms with Gasteiger partial charge < -0.3 is 19.6 Å². The van der Waals surface area contributed by atoms with Crippen LogP contribution in [-0.2, 0) is 0 Å². The third-order valence-electron chi connectivity index (χ3n) is 7.02. The van der Waals surface area contributed by atoms with Gasteiger partial charge in [0, 0.05) is 24.7 Å². The Labute approximate surface area is 181 Å². The molecule has 2 fully saturated rings. The van der Waals surface area contributed by atoms with Gasteiger partial charge in [-0.2, -0.15) is 0 Å². The summed E-state index contributed by atoms with van der Waals surface area (Å²) in [5.41, 5.74) is 6.15.